The van der Waals surface area contributed by atoms with E-state index in [9.17, 15) is 4.79 Å². The molecule has 4 heteroatoms. The van der Waals surface area contributed by atoms with E-state index >= 15 is 0 Å². The summed E-state index contributed by atoms with van der Waals surface area (Å²) in [6.45, 7) is 2.00. The summed E-state index contributed by atoms with van der Waals surface area (Å²) >= 11 is 6.90. The Morgan fingerprint density at radius 3 is 2.67 bits per heavy atom. The molecular formula is C11H12Br2O2. The monoisotopic (exact) mass is 334 g/mol. The van der Waals surface area contributed by atoms with Crippen LogP contribution in [0, 0.1) is 6.92 Å². The SMILES string of the molecule is COC(=O)Cc1cc(C)cc(Br)c1CBr. The molecule has 82 valence electrons. The number of hydrogen-bond donors (Lipinski definition) is 0. The fourth-order valence-electron chi connectivity index (χ4n) is 1.38. The molecule has 1 aromatic rings. The van der Waals surface area contributed by atoms with Crippen molar-refractivity contribution in [3.05, 3.63) is 33.3 Å². The van der Waals surface area contributed by atoms with E-state index in [-0.39, 0.29) is 5.97 Å². The van der Waals surface area contributed by atoms with Gasteiger partial charge in [-0.1, -0.05) is 37.9 Å². The summed E-state index contributed by atoms with van der Waals surface area (Å²) in [6, 6.07) is 4.05. The summed E-state index contributed by atoms with van der Waals surface area (Å²) in [5.74, 6) is -0.213. The highest BCUT2D eigenvalue weighted by Gasteiger charge is 2.11. The van der Waals surface area contributed by atoms with Crippen molar-refractivity contribution >= 4 is 37.8 Å². The Morgan fingerprint density at radius 2 is 2.13 bits per heavy atom. The summed E-state index contributed by atoms with van der Waals surface area (Å²) in [7, 11) is 1.40. The van der Waals surface area contributed by atoms with E-state index in [1.807, 2.05) is 19.1 Å². The van der Waals surface area contributed by atoms with Crippen molar-refractivity contribution in [2.45, 2.75) is 18.7 Å². The zero-order valence-electron chi connectivity index (χ0n) is 8.64. The summed E-state index contributed by atoms with van der Waals surface area (Å²) in [4.78, 5) is 11.2. The number of carbonyl (C=O) groups excluding carboxylic acids is 1. The van der Waals surface area contributed by atoms with Gasteiger partial charge in [0.25, 0.3) is 0 Å². The molecule has 0 radical (unpaired) electrons. The summed E-state index contributed by atoms with van der Waals surface area (Å²) in [5.41, 5.74) is 3.24. The standard InChI is InChI=1S/C11H12Br2O2/c1-7-3-8(5-11(14)15-2)9(6-12)10(13)4-7/h3-4H,5-6H2,1-2H3. The Bertz CT molecular complexity index is 375. The van der Waals surface area contributed by atoms with Crippen molar-refractivity contribution in [3.8, 4) is 0 Å². The minimum atomic E-state index is -0.213. The van der Waals surface area contributed by atoms with E-state index < -0.39 is 0 Å². The average molecular weight is 336 g/mol. The summed E-state index contributed by atoms with van der Waals surface area (Å²) in [6.07, 6.45) is 0.317. The quantitative estimate of drug-likeness (QED) is 0.625. The van der Waals surface area contributed by atoms with E-state index in [1.54, 1.807) is 0 Å². The Labute approximate surface area is 106 Å². The van der Waals surface area contributed by atoms with E-state index in [0.29, 0.717) is 6.42 Å². The molecular weight excluding hydrogens is 324 g/mol. The van der Waals surface area contributed by atoms with Gasteiger partial charge in [0.1, 0.15) is 0 Å². The number of methoxy groups -OCH3 is 1. The molecule has 0 atom stereocenters. The predicted molar refractivity (Wildman–Crippen MR) is 67.2 cm³/mol. The van der Waals surface area contributed by atoms with E-state index in [2.05, 4.69) is 36.6 Å². The lowest BCUT2D eigenvalue weighted by Crippen LogP contribution is -2.07. The molecule has 0 N–H and O–H groups in total. The molecule has 1 aromatic carbocycles. The lowest BCUT2D eigenvalue weighted by atomic mass is 10.0. The molecule has 15 heavy (non-hydrogen) atoms. The minimum Gasteiger partial charge on any atom is -0.469 e. The molecule has 0 bridgehead atoms. The van der Waals surface area contributed by atoms with Crippen LogP contribution in [0.4, 0.5) is 0 Å². The van der Waals surface area contributed by atoms with E-state index in [0.717, 1.165) is 26.5 Å². The first-order valence-electron chi connectivity index (χ1n) is 4.49. The molecule has 0 unspecified atom stereocenters. The number of rotatable bonds is 3. The molecule has 0 aliphatic carbocycles. The number of esters is 1. The smallest absolute Gasteiger partial charge is 0.309 e. The van der Waals surface area contributed by atoms with Crippen LogP contribution in [0.2, 0.25) is 0 Å². The highest BCUT2D eigenvalue weighted by Crippen LogP contribution is 2.25. The van der Waals surface area contributed by atoms with Crippen LogP contribution in [0.3, 0.4) is 0 Å². The number of ether oxygens (including phenoxy) is 1. The third-order valence-electron chi connectivity index (χ3n) is 2.13. The Morgan fingerprint density at radius 1 is 1.47 bits per heavy atom. The van der Waals surface area contributed by atoms with Gasteiger partial charge in [0, 0.05) is 9.80 Å². The van der Waals surface area contributed by atoms with Gasteiger partial charge in [0.05, 0.1) is 13.5 Å². The first-order valence-corrected chi connectivity index (χ1v) is 6.40. The molecule has 0 fully saturated rings. The third-order valence-corrected chi connectivity index (χ3v) is 3.40. The molecule has 2 nitrogen and oxygen atoms in total. The van der Waals surface area contributed by atoms with Gasteiger partial charge in [-0.15, -0.1) is 0 Å². The molecule has 0 saturated carbocycles. The van der Waals surface area contributed by atoms with Gasteiger partial charge in [-0.3, -0.25) is 4.79 Å². The fourth-order valence-corrected chi connectivity index (χ4v) is 3.17. The maximum absolute atomic E-state index is 11.2. The van der Waals surface area contributed by atoms with Crippen molar-refractivity contribution in [3.63, 3.8) is 0 Å². The van der Waals surface area contributed by atoms with Gasteiger partial charge in [-0.05, 0) is 29.7 Å². The third kappa shape index (κ3) is 3.31. The van der Waals surface area contributed by atoms with Crippen molar-refractivity contribution in [2.24, 2.45) is 0 Å². The minimum absolute atomic E-state index is 0.213. The first-order chi connectivity index (χ1) is 7.08. The Kier molecular flexibility index (Phi) is 4.80. The second kappa shape index (κ2) is 5.66. The highest BCUT2D eigenvalue weighted by atomic mass is 79.9. The van der Waals surface area contributed by atoms with Gasteiger partial charge in [0.2, 0.25) is 0 Å². The van der Waals surface area contributed by atoms with Crippen molar-refractivity contribution in [1.29, 1.82) is 0 Å². The first kappa shape index (κ1) is 12.7. The molecule has 0 aromatic heterocycles. The zero-order chi connectivity index (χ0) is 11.4. The molecule has 0 aliphatic rings. The fraction of sp³-hybridized carbons (Fsp3) is 0.364. The second-order valence-corrected chi connectivity index (χ2v) is 4.69. The Balaban J connectivity index is 3.09. The van der Waals surface area contributed by atoms with Crippen LogP contribution >= 0.6 is 31.9 Å². The van der Waals surface area contributed by atoms with Crippen LogP contribution in [0.25, 0.3) is 0 Å². The molecule has 0 saturated heterocycles. The number of halogens is 2. The van der Waals surface area contributed by atoms with Crippen LogP contribution in [0.1, 0.15) is 16.7 Å². The molecule has 0 heterocycles. The van der Waals surface area contributed by atoms with Crippen molar-refractivity contribution < 1.29 is 9.53 Å². The number of alkyl halides is 1. The number of benzene rings is 1. The number of carbonyl (C=O) groups is 1. The van der Waals surface area contributed by atoms with E-state index in [1.165, 1.54) is 7.11 Å². The zero-order valence-corrected chi connectivity index (χ0v) is 11.8. The lowest BCUT2D eigenvalue weighted by Gasteiger charge is -2.10. The van der Waals surface area contributed by atoms with Crippen molar-refractivity contribution in [1.82, 2.24) is 0 Å². The molecule has 0 aliphatic heterocycles. The number of aryl methyl sites for hydroxylation is 1. The molecule has 1 rings (SSSR count). The lowest BCUT2D eigenvalue weighted by molar-refractivity contribution is -0.139. The van der Waals surface area contributed by atoms with E-state index in [4.69, 9.17) is 0 Å². The largest absolute Gasteiger partial charge is 0.469 e. The molecule has 0 amide bonds. The van der Waals surface area contributed by atoms with Gasteiger partial charge in [-0.25, -0.2) is 0 Å². The average Bonchev–Trinajstić information content (AvgIpc) is 2.17. The maximum Gasteiger partial charge on any atom is 0.309 e. The predicted octanol–water partition coefficient (Wildman–Crippen LogP) is 3.37. The van der Waals surface area contributed by atoms with Crippen molar-refractivity contribution in [2.75, 3.05) is 7.11 Å². The number of hydrogen-bond acceptors (Lipinski definition) is 2. The van der Waals surface area contributed by atoms with Gasteiger partial charge in [-0.2, -0.15) is 0 Å². The van der Waals surface area contributed by atoms with Gasteiger partial charge >= 0.3 is 5.97 Å². The van der Waals surface area contributed by atoms with Crippen LogP contribution in [0.15, 0.2) is 16.6 Å². The van der Waals surface area contributed by atoms with Gasteiger partial charge in [0.15, 0.2) is 0 Å². The normalized spacial score (nSPS) is 10.1. The summed E-state index contributed by atoms with van der Waals surface area (Å²) in [5, 5.41) is 0.722. The highest BCUT2D eigenvalue weighted by molar-refractivity contribution is 9.10. The Hall–Kier alpha value is -0.350. The maximum atomic E-state index is 11.2. The van der Waals surface area contributed by atoms with Crippen LogP contribution in [-0.2, 0) is 21.3 Å². The van der Waals surface area contributed by atoms with Crippen LogP contribution < -0.4 is 0 Å². The second-order valence-electron chi connectivity index (χ2n) is 3.27. The van der Waals surface area contributed by atoms with Crippen LogP contribution in [0.5, 0.6) is 0 Å². The summed E-state index contributed by atoms with van der Waals surface area (Å²) < 4.78 is 5.69. The van der Waals surface area contributed by atoms with Gasteiger partial charge < -0.3 is 4.74 Å². The molecule has 0 spiro atoms. The topological polar surface area (TPSA) is 26.3 Å². The van der Waals surface area contributed by atoms with Crippen LogP contribution in [-0.4, -0.2) is 13.1 Å².